The molecule has 0 spiro atoms. The first-order valence-electron chi connectivity index (χ1n) is 28.7. The molecule has 12 bridgehead atoms. The maximum atomic E-state index is 14.0. The van der Waals surface area contributed by atoms with Crippen LogP contribution in [0.15, 0.2) is 0 Å². The molecule has 500 valence electrons. The van der Waals surface area contributed by atoms with E-state index in [1.165, 1.54) is 114 Å². The SMILES string of the molecule is COC[C@H]1O[C@@H]2O[C@H]3[C@H](OC)[C@@H](OC)[C@H]4O[C@H]5[C@H](OC)[C@@H](OC)[C@@H](O[C@H]6[C@H](OC)[C@@H](OC)[C@@H](O[C@H]7[C@H](OC)[C@@H](OC)[C@@H](O[C@H]8[C@H](OC)[C@@H](OC)[C@@H](O[C@H]1[C@H](OC)[C@H]2OC)O[C@@H]8COC)O[C@@H]7COCC(=O)COC[C@H]3O4)O[C@@H]6COC)O[C@@H]5COC. The van der Waals surface area contributed by atoms with Crippen LogP contribution in [-0.4, -0.2) is 357 Å². The lowest BCUT2D eigenvalue weighted by molar-refractivity contribution is -0.410. The zero-order valence-electron chi connectivity index (χ0n) is 52.1. The number of hydrogen-bond donors (Lipinski definition) is 0. The van der Waals surface area contributed by atoms with Crippen molar-refractivity contribution in [2.24, 2.45) is 0 Å². The van der Waals surface area contributed by atoms with Crippen LogP contribution in [0, 0.1) is 0 Å². The topological polar surface area (TPSA) is 294 Å². The summed E-state index contributed by atoms with van der Waals surface area (Å²) in [4.78, 5) is 14.0. The lowest BCUT2D eigenvalue weighted by atomic mass is 9.94. The van der Waals surface area contributed by atoms with Crippen LogP contribution < -0.4 is 0 Å². The first-order valence-corrected chi connectivity index (χ1v) is 28.7. The third kappa shape index (κ3) is 15.1. The van der Waals surface area contributed by atoms with Crippen molar-refractivity contribution in [2.45, 2.75) is 184 Å². The fourth-order valence-electron chi connectivity index (χ4n) is 13.0. The van der Waals surface area contributed by atoms with Gasteiger partial charge in [0.2, 0.25) is 0 Å². The summed E-state index contributed by atoms with van der Waals surface area (Å²) < 4.78 is 194. The van der Waals surface area contributed by atoms with Crippen LogP contribution in [0.4, 0.5) is 0 Å². The molecule has 0 aliphatic carbocycles. The van der Waals surface area contributed by atoms with Crippen LogP contribution in [0.25, 0.3) is 0 Å². The van der Waals surface area contributed by atoms with Crippen molar-refractivity contribution in [2.75, 3.05) is 167 Å². The van der Waals surface area contributed by atoms with Crippen molar-refractivity contribution < 1.29 is 147 Å². The Hall–Kier alpha value is -1.53. The number of carbonyl (C=O) groups is 1. The molecule has 0 saturated carbocycles. The molecule has 0 aromatic carbocycles. The highest BCUT2D eigenvalue weighted by Crippen LogP contribution is 2.42. The number of fused-ring (bicyclic) bond motifs is 4. The van der Waals surface area contributed by atoms with Gasteiger partial charge in [0.05, 0.1) is 39.6 Å². The van der Waals surface area contributed by atoms with Crippen molar-refractivity contribution in [1.29, 1.82) is 0 Å². The molecule has 31 heteroatoms. The van der Waals surface area contributed by atoms with Gasteiger partial charge in [0.1, 0.15) is 160 Å². The Morgan fingerprint density at radius 1 is 0.267 bits per heavy atom. The molecule has 31 nitrogen and oxygen atoms in total. The second kappa shape index (κ2) is 33.9. The van der Waals surface area contributed by atoms with Gasteiger partial charge in [-0.15, -0.1) is 0 Å². The Balaban J connectivity index is 1.30. The summed E-state index contributed by atoms with van der Waals surface area (Å²) >= 11 is 0. The monoisotopic (exact) mass is 1250 g/mol. The van der Waals surface area contributed by atoms with E-state index < -0.39 is 203 Å². The molecule has 30 atom stereocenters. The van der Waals surface area contributed by atoms with Crippen molar-refractivity contribution in [3.8, 4) is 0 Å². The summed E-state index contributed by atoms with van der Waals surface area (Å²) in [6.07, 6.45) is -31.9. The van der Waals surface area contributed by atoms with Crippen LogP contribution in [0.3, 0.4) is 0 Å². The molecule has 86 heavy (non-hydrogen) atoms. The molecule has 12 aliphatic heterocycles. The molecule has 0 unspecified atom stereocenters. The molecule has 12 fully saturated rings. The zero-order valence-corrected chi connectivity index (χ0v) is 52.1. The Kier molecular flexibility index (Phi) is 27.7. The lowest BCUT2D eigenvalue weighted by Gasteiger charge is -2.53. The van der Waals surface area contributed by atoms with Gasteiger partial charge in [-0.05, 0) is 0 Å². The van der Waals surface area contributed by atoms with Gasteiger partial charge in [0.15, 0.2) is 43.5 Å². The molecule has 12 heterocycles. The van der Waals surface area contributed by atoms with E-state index in [0.29, 0.717) is 0 Å². The van der Waals surface area contributed by atoms with Crippen LogP contribution in [0.1, 0.15) is 0 Å². The summed E-state index contributed by atoms with van der Waals surface area (Å²) in [6, 6.07) is 0. The molecule has 12 rings (SSSR count). The summed E-state index contributed by atoms with van der Waals surface area (Å²) in [5.41, 5.74) is 0. The number of rotatable bonds is 20. The van der Waals surface area contributed by atoms with Crippen molar-refractivity contribution in [1.82, 2.24) is 0 Å². The normalized spacial score (nSPS) is 46.5. The zero-order chi connectivity index (χ0) is 61.8. The van der Waals surface area contributed by atoms with Gasteiger partial charge in [-0.1, -0.05) is 0 Å². The first kappa shape index (κ1) is 70.3. The van der Waals surface area contributed by atoms with Gasteiger partial charge in [-0.3, -0.25) is 4.79 Å². The minimum absolute atomic E-state index is 0.0419. The van der Waals surface area contributed by atoms with Crippen molar-refractivity contribution >= 4 is 5.78 Å². The fraction of sp³-hybridized carbons (Fsp3) is 0.982. The highest BCUT2D eigenvalue weighted by atomic mass is 16.8. The van der Waals surface area contributed by atoms with Crippen LogP contribution in [-0.2, 0) is 147 Å². The van der Waals surface area contributed by atoms with E-state index in [4.69, 9.17) is 142 Å². The van der Waals surface area contributed by atoms with Crippen LogP contribution in [0.2, 0.25) is 0 Å². The Bertz CT molecular complexity index is 1830. The minimum Gasteiger partial charge on any atom is -0.382 e. The quantitative estimate of drug-likeness (QED) is 0.128. The number of hydrogen-bond acceptors (Lipinski definition) is 31. The Morgan fingerprint density at radius 2 is 0.465 bits per heavy atom. The number of ketones is 1. The molecule has 12 saturated heterocycles. The van der Waals surface area contributed by atoms with Gasteiger partial charge in [0.25, 0.3) is 0 Å². The predicted octanol–water partition coefficient (Wildman–Crippen LogP) is -1.96. The highest BCUT2D eigenvalue weighted by Gasteiger charge is 2.61. The predicted molar refractivity (Wildman–Crippen MR) is 285 cm³/mol. The number of Topliss-reactive ketones (excluding diaryl/α,β-unsaturated/α-hetero) is 1. The van der Waals surface area contributed by atoms with Gasteiger partial charge in [-0.25, -0.2) is 0 Å². The van der Waals surface area contributed by atoms with Crippen molar-refractivity contribution in [3.05, 3.63) is 0 Å². The standard InChI is InChI=1S/C55H94O31/c1-57-19-26-32-38(61-5)46(69-13)52(77-26)85-36-30-23-73-17-25(56)18-74-24-31-37(43(66-10)49(72-16)55(80-31)83-34-28(21-59-3)75-50(81-32)44(67-11)40(34)63-7)86-53-47(70-14)39(62-6)33(27(78-53)20-58-2)82-51-45(68-12)41(64-8)35(29(76-51)22-60-4)84-54(79-30)48(71-15)42(36)65-9/h26-55H,17-24H2,1-16H3/t26-,27-,28-,29-,30-,31-,32-,33-,34-,35-,36-,37-,38+,39+,40+,41+,42+,43+,44-,45-,46-,47-,48-,49-,50-,51-,52-,53-,54-,55-/m1/s1. The smallest absolute Gasteiger partial charge is 0.187 e. The van der Waals surface area contributed by atoms with E-state index in [1.807, 2.05) is 0 Å². The van der Waals surface area contributed by atoms with E-state index in [1.54, 1.807) is 0 Å². The molecule has 0 N–H and O–H groups in total. The maximum absolute atomic E-state index is 14.0. The molecule has 12 aliphatic rings. The molecule has 0 radical (unpaired) electrons. The molecule has 0 aromatic heterocycles. The maximum Gasteiger partial charge on any atom is 0.187 e. The summed E-state index contributed by atoms with van der Waals surface area (Å²) in [6.45, 7) is -1.66. The van der Waals surface area contributed by atoms with Gasteiger partial charge in [0, 0.05) is 114 Å². The van der Waals surface area contributed by atoms with Crippen LogP contribution >= 0.6 is 0 Å². The minimum atomic E-state index is -1.29. The van der Waals surface area contributed by atoms with E-state index in [2.05, 4.69) is 0 Å². The Labute approximate surface area is 502 Å². The largest absolute Gasteiger partial charge is 0.382 e. The lowest BCUT2D eigenvalue weighted by Crippen LogP contribution is -2.70. The Morgan fingerprint density at radius 3 is 0.674 bits per heavy atom. The number of carbonyl (C=O) groups excluding carboxylic acids is 1. The second-order valence-corrected chi connectivity index (χ2v) is 21.7. The average Bonchev–Trinajstić information content (AvgIpc) is 1.27. The molecular weight excluding hydrogens is 1160 g/mol. The molecule has 0 aromatic rings. The summed E-state index contributed by atoms with van der Waals surface area (Å²) in [5, 5.41) is 0. The van der Waals surface area contributed by atoms with Gasteiger partial charge < -0.3 is 142 Å². The van der Waals surface area contributed by atoms with E-state index in [-0.39, 0.29) is 39.6 Å². The van der Waals surface area contributed by atoms with Crippen LogP contribution in [0.5, 0.6) is 0 Å². The average molecular weight is 1250 g/mol. The number of ether oxygens (including phenoxy) is 30. The third-order valence-electron chi connectivity index (χ3n) is 17.0. The van der Waals surface area contributed by atoms with E-state index in [9.17, 15) is 4.79 Å². The second-order valence-electron chi connectivity index (χ2n) is 21.7. The molecular formula is C55H94O31. The molecule has 0 amide bonds. The fourth-order valence-corrected chi connectivity index (χ4v) is 13.0. The van der Waals surface area contributed by atoms with E-state index >= 15 is 0 Å². The summed E-state index contributed by atoms with van der Waals surface area (Å²) in [7, 11) is 23.9. The first-order chi connectivity index (χ1) is 41.9. The number of methoxy groups -OCH3 is 16. The van der Waals surface area contributed by atoms with E-state index in [0.717, 1.165) is 0 Å². The highest BCUT2D eigenvalue weighted by molar-refractivity contribution is 5.80. The summed E-state index contributed by atoms with van der Waals surface area (Å²) in [5.74, 6) is -0.465. The van der Waals surface area contributed by atoms with Gasteiger partial charge in [-0.2, -0.15) is 0 Å². The van der Waals surface area contributed by atoms with Gasteiger partial charge >= 0.3 is 0 Å². The third-order valence-corrected chi connectivity index (χ3v) is 17.0. The van der Waals surface area contributed by atoms with Crippen molar-refractivity contribution in [3.63, 3.8) is 0 Å².